The van der Waals surface area contributed by atoms with Crippen LogP contribution in [0.15, 0.2) is 24.4 Å². The number of hydrogen-bond acceptors (Lipinski definition) is 5. The number of nitrogens with zero attached hydrogens (tertiary/aromatic N) is 3. The SMILES string of the molecule is CC1SCCC1(CN)N1CCN(c2ccccn2)CC1. The summed E-state index contributed by atoms with van der Waals surface area (Å²) in [4.78, 5) is 9.47. The fourth-order valence-electron chi connectivity index (χ4n) is 3.50. The lowest BCUT2D eigenvalue weighted by atomic mass is 9.89. The van der Waals surface area contributed by atoms with Crippen molar-refractivity contribution in [2.45, 2.75) is 24.1 Å². The van der Waals surface area contributed by atoms with Crippen LogP contribution in [0.3, 0.4) is 0 Å². The normalized spacial score (nSPS) is 31.7. The third-order valence-corrected chi connectivity index (χ3v) is 6.27. The molecule has 0 aliphatic carbocycles. The van der Waals surface area contributed by atoms with Gasteiger partial charge in [0.15, 0.2) is 0 Å². The molecule has 0 saturated carbocycles. The summed E-state index contributed by atoms with van der Waals surface area (Å²) in [6, 6.07) is 6.13. The maximum Gasteiger partial charge on any atom is 0.128 e. The van der Waals surface area contributed by atoms with Crippen LogP contribution in [0.25, 0.3) is 0 Å². The minimum absolute atomic E-state index is 0.223. The first-order valence-electron chi connectivity index (χ1n) is 7.49. The van der Waals surface area contributed by atoms with E-state index in [1.165, 1.54) is 12.2 Å². The molecule has 4 nitrogen and oxygen atoms in total. The quantitative estimate of drug-likeness (QED) is 0.913. The predicted molar refractivity (Wildman–Crippen MR) is 86.3 cm³/mol. The second-order valence-corrected chi connectivity index (χ2v) is 7.18. The minimum atomic E-state index is 0.223. The van der Waals surface area contributed by atoms with E-state index >= 15 is 0 Å². The smallest absolute Gasteiger partial charge is 0.128 e. The number of nitrogens with two attached hydrogens (primary N) is 1. The Morgan fingerprint density at radius 2 is 2.15 bits per heavy atom. The van der Waals surface area contributed by atoms with Crippen molar-refractivity contribution in [2.24, 2.45) is 5.73 Å². The summed E-state index contributed by atoms with van der Waals surface area (Å²) in [7, 11) is 0. The Kier molecular flexibility index (Phi) is 4.19. The molecule has 3 rings (SSSR count). The molecule has 2 atom stereocenters. The van der Waals surface area contributed by atoms with Gasteiger partial charge in [0.25, 0.3) is 0 Å². The molecule has 0 amide bonds. The standard InChI is InChI=1S/C15H24N4S/c1-13-15(12-16,5-11-20-13)19-9-7-18(8-10-19)14-4-2-3-6-17-14/h2-4,6,13H,5,7-12,16H2,1H3. The molecule has 2 saturated heterocycles. The van der Waals surface area contributed by atoms with Crippen LogP contribution in [0.2, 0.25) is 0 Å². The third-order valence-electron chi connectivity index (χ3n) is 4.90. The van der Waals surface area contributed by atoms with Gasteiger partial charge in [-0.15, -0.1) is 0 Å². The van der Waals surface area contributed by atoms with E-state index in [2.05, 4.69) is 45.6 Å². The van der Waals surface area contributed by atoms with E-state index in [0.29, 0.717) is 5.25 Å². The maximum absolute atomic E-state index is 6.15. The van der Waals surface area contributed by atoms with E-state index in [9.17, 15) is 0 Å². The van der Waals surface area contributed by atoms with Crippen molar-refractivity contribution in [3.05, 3.63) is 24.4 Å². The highest BCUT2D eigenvalue weighted by Crippen LogP contribution is 2.40. The molecule has 0 radical (unpaired) electrons. The monoisotopic (exact) mass is 292 g/mol. The van der Waals surface area contributed by atoms with Crippen LogP contribution in [0, 0.1) is 0 Å². The van der Waals surface area contributed by atoms with E-state index < -0.39 is 0 Å². The topological polar surface area (TPSA) is 45.4 Å². The van der Waals surface area contributed by atoms with Crippen molar-refractivity contribution in [1.82, 2.24) is 9.88 Å². The Morgan fingerprint density at radius 3 is 2.70 bits per heavy atom. The summed E-state index contributed by atoms with van der Waals surface area (Å²) >= 11 is 2.07. The summed E-state index contributed by atoms with van der Waals surface area (Å²) in [5.41, 5.74) is 6.38. The van der Waals surface area contributed by atoms with E-state index in [1.54, 1.807) is 0 Å². The van der Waals surface area contributed by atoms with Gasteiger partial charge >= 0.3 is 0 Å². The molecule has 0 spiro atoms. The molecule has 2 unspecified atom stereocenters. The highest BCUT2D eigenvalue weighted by atomic mass is 32.2. The molecule has 2 aliphatic rings. The van der Waals surface area contributed by atoms with Gasteiger partial charge < -0.3 is 10.6 Å². The Bertz CT molecular complexity index is 433. The Hall–Kier alpha value is -0.780. The van der Waals surface area contributed by atoms with Gasteiger partial charge in [-0.25, -0.2) is 4.98 Å². The van der Waals surface area contributed by atoms with Crippen LogP contribution in [0.4, 0.5) is 5.82 Å². The van der Waals surface area contributed by atoms with Gasteiger partial charge in [-0.1, -0.05) is 13.0 Å². The first-order chi connectivity index (χ1) is 9.76. The highest BCUT2D eigenvalue weighted by Gasteiger charge is 2.45. The summed E-state index contributed by atoms with van der Waals surface area (Å²) < 4.78 is 0. The van der Waals surface area contributed by atoms with Gasteiger partial charge in [-0.05, 0) is 24.3 Å². The molecule has 1 aromatic heterocycles. The fourth-order valence-corrected chi connectivity index (χ4v) is 5.00. The Labute approximate surface area is 125 Å². The van der Waals surface area contributed by atoms with Crippen LogP contribution >= 0.6 is 11.8 Å². The molecule has 5 heteroatoms. The lowest BCUT2D eigenvalue weighted by Crippen LogP contribution is -2.62. The molecule has 2 aliphatic heterocycles. The van der Waals surface area contributed by atoms with E-state index in [-0.39, 0.29) is 5.54 Å². The van der Waals surface area contributed by atoms with E-state index in [4.69, 9.17) is 5.73 Å². The second kappa shape index (κ2) is 5.92. The minimum Gasteiger partial charge on any atom is -0.354 e. The molecule has 20 heavy (non-hydrogen) atoms. The van der Waals surface area contributed by atoms with Crippen LogP contribution in [0.5, 0.6) is 0 Å². The van der Waals surface area contributed by atoms with Gasteiger partial charge in [0.2, 0.25) is 0 Å². The number of thioether (sulfide) groups is 1. The number of anilines is 1. The lowest BCUT2D eigenvalue weighted by molar-refractivity contribution is 0.0902. The van der Waals surface area contributed by atoms with Crippen molar-refractivity contribution in [2.75, 3.05) is 43.4 Å². The first-order valence-corrected chi connectivity index (χ1v) is 8.54. The van der Waals surface area contributed by atoms with Crippen molar-refractivity contribution in [3.8, 4) is 0 Å². The zero-order chi connectivity index (χ0) is 14.0. The average Bonchev–Trinajstić information content (AvgIpc) is 2.90. The summed E-state index contributed by atoms with van der Waals surface area (Å²) in [6.45, 7) is 7.42. The lowest BCUT2D eigenvalue weighted by Gasteiger charge is -2.47. The van der Waals surface area contributed by atoms with Crippen LogP contribution in [-0.4, -0.2) is 59.1 Å². The third kappa shape index (κ3) is 2.43. The van der Waals surface area contributed by atoms with Crippen molar-refractivity contribution in [3.63, 3.8) is 0 Å². The van der Waals surface area contributed by atoms with E-state index in [0.717, 1.165) is 38.5 Å². The van der Waals surface area contributed by atoms with Crippen molar-refractivity contribution in [1.29, 1.82) is 0 Å². The molecule has 1 aromatic rings. The molecule has 2 fully saturated rings. The number of hydrogen-bond donors (Lipinski definition) is 1. The van der Waals surface area contributed by atoms with Gasteiger partial charge in [-0.2, -0.15) is 11.8 Å². The van der Waals surface area contributed by atoms with E-state index in [1.807, 2.05) is 12.3 Å². The number of aromatic nitrogens is 1. The first kappa shape index (κ1) is 14.2. The van der Waals surface area contributed by atoms with Gasteiger partial charge in [0.1, 0.15) is 5.82 Å². The Morgan fingerprint density at radius 1 is 1.35 bits per heavy atom. The van der Waals surface area contributed by atoms with Gasteiger partial charge in [-0.3, -0.25) is 4.90 Å². The van der Waals surface area contributed by atoms with Crippen LogP contribution < -0.4 is 10.6 Å². The van der Waals surface area contributed by atoms with Crippen LogP contribution in [0.1, 0.15) is 13.3 Å². The molecular weight excluding hydrogens is 268 g/mol. The summed E-state index contributed by atoms with van der Waals surface area (Å²) in [5.74, 6) is 2.35. The fraction of sp³-hybridized carbons (Fsp3) is 0.667. The number of piperazine rings is 1. The predicted octanol–water partition coefficient (Wildman–Crippen LogP) is 1.43. The molecule has 2 N–H and O–H groups in total. The number of pyridine rings is 1. The molecule has 0 bridgehead atoms. The molecule has 3 heterocycles. The van der Waals surface area contributed by atoms with Crippen molar-refractivity contribution >= 4 is 17.6 Å². The molecular formula is C15H24N4S. The summed E-state index contributed by atoms with van der Waals surface area (Å²) in [5, 5.41) is 0.647. The number of rotatable bonds is 3. The second-order valence-electron chi connectivity index (χ2n) is 5.73. The largest absolute Gasteiger partial charge is 0.354 e. The molecule has 110 valence electrons. The van der Waals surface area contributed by atoms with Crippen molar-refractivity contribution < 1.29 is 0 Å². The van der Waals surface area contributed by atoms with Gasteiger partial charge in [0.05, 0.1) is 0 Å². The van der Waals surface area contributed by atoms with Crippen LogP contribution in [-0.2, 0) is 0 Å². The Balaban J connectivity index is 1.66. The highest BCUT2D eigenvalue weighted by molar-refractivity contribution is 8.00. The zero-order valence-corrected chi connectivity index (χ0v) is 13.0. The summed E-state index contributed by atoms with van der Waals surface area (Å²) in [6.07, 6.45) is 3.11. The maximum atomic E-state index is 6.15. The zero-order valence-electron chi connectivity index (χ0n) is 12.2. The average molecular weight is 292 g/mol. The molecule has 0 aromatic carbocycles. The van der Waals surface area contributed by atoms with Gasteiger partial charge in [0, 0.05) is 49.7 Å².